The molecule has 34 heavy (non-hydrogen) atoms. The van der Waals surface area contributed by atoms with Crippen molar-refractivity contribution >= 4 is 23.2 Å². The summed E-state index contributed by atoms with van der Waals surface area (Å²) < 4.78 is 37.4. The number of amides is 1. The number of anilines is 1. The maximum atomic E-state index is 15.1. The SMILES string of the molecule is COc1cc(F)c(-c2c(NC(=O)c3ccc(Cl)cc3)c(=O)n(-c3ccc(C)cn3)n2C)c(F)c1. The van der Waals surface area contributed by atoms with E-state index in [1.807, 2.05) is 6.92 Å². The van der Waals surface area contributed by atoms with Crippen LogP contribution in [0, 0.1) is 18.6 Å². The van der Waals surface area contributed by atoms with Gasteiger partial charge < -0.3 is 10.1 Å². The number of rotatable bonds is 5. The van der Waals surface area contributed by atoms with Gasteiger partial charge in [-0.15, -0.1) is 0 Å². The summed E-state index contributed by atoms with van der Waals surface area (Å²) in [7, 11) is 2.72. The molecule has 174 valence electrons. The zero-order valence-electron chi connectivity index (χ0n) is 18.4. The van der Waals surface area contributed by atoms with E-state index in [0.717, 1.165) is 22.4 Å². The van der Waals surface area contributed by atoms with Crippen molar-refractivity contribution in [2.24, 2.45) is 7.05 Å². The van der Waals surface area contributed by atoms with Crippen LogP contribution >= 0.6 is 11.6 Å². The van der Waals surface area contributed by atoms with Gasteiger partial charge in [-0.05, 0) is 42.8 Å². The average Bonchev–Trinajstić information content (AvgIpc) is 3.04. The Morgan fingerprint density at radius 2 is 1.74 bits per heavy atom. The maximum Gasteiger partial charge on any atom is 0.297 e. The van der Waals surface area contributed by atoms with E-state index in [-0.39, 0.29) is 28.5 Å². The number of hydrogen-bond donors (Lipinski definition) is 1. The smallest absolute Gasteiger partial charge is 0.297 e. The Kier molecular flexibility index (Phi) is 6.21. The highest BCUT2D eigenvalue weighted by Gasteiger charge is 2.28. The summed E-state index contributed by atoms with van der Waals surface area (Å²) in [5.41, 5.74) is -0.646. The van der Waals surface area contributed by atoms with Crippen molar-refractivity contribution in [3.05, 3.63) is 92.9 Å². The molecule has 0 radical (unpaired) electrons. The molecule has 2 aromatic carbocycles. The highest BCUT2D eigenvalue weighted by molar-refractivity contribution is 6.30. The minimum Gasteiger partial charge on any atom is -0.497 e. The molecule has 4 aromatic rings. The highest BCUT2D eigenvalue weighted by Crippen LogP contribution is 2.34. The molecule has 1 N–H and O–H groups in total. The predicted molar refractivity (Wildman–Crippen MR) is 125 cm³/mol. The molecule has 7 nitrogen and oxygen atoms in total. The third kappa shape index (κ3) is 4.17. The molecule has 0 fully saturated rings. The van der Waals surface area contributed by atoms with E-state index >= 15 is 8.78 Å². The number of methoxy groups -OCH3 is 1. The predicted octanol–water partition coefficient (Wildman–Crippen LogP) is 4.74. The second kappa shape index (κ2) is 9.11. The Bertz CT molecular complexity index is 1420. The Hall–Kier alpha value is -3.98. The summed E-state index contributed by atoms with van der Waals surface area (Å²) in [6.07, 6.45) is 1.55. The largest absolute Gasteiger partial charge is 0.497 e. The van der Waals surface area contributed by atoms with Crippen molar-refractivity contribution in [1.29, 1.82) is 0 Å². The van der Waals surface area contributed by atoms with Gasteiger partial charge in [0.25, 0.3) is 11.5 Å². The van der Waals surface area contributed by atoms with Crippen molar-refractivity contribution < 1.29 is 18.3 Å². The summed E-state index contributed by atoms with van der Waals surface area (Å²) in [6, 6.07) is 11.3. The Labute approximate surface area is 198 Å². The number of carbonyl (C=O) groups is 1. The number of aryl methyl sites for hydroxylation is 1. The fourth-order valence-electron chi connectivity index (χ4n) is 3.53. The Balaban J connectivity index is 1.95. The van der Waals surface area contributed by atoms with Crippen molar-refractivity contribution in [2.75, 3.05) is 12.4 Å². The molecule has 4 rings (SSSR count). The topological polar surface area (TPSA) is 78.2 Å². The number of nitrogens with zero attached hydrogens (tertiary/aromatic N) is 3. The van der Waals surface area contributed by atoms with Gasteiger partial charge in [-0.1, -0.05) is 17.7 Å². The lowest BCUT2D eigenvalue weighted by atomic mass is 10.1. The molecule has 0 aliphatic carbocycles. The third-order valence-electron chi connectivity index (χ3n) is 5.21. The number of carbonyl (C=O) groups excluding carboxylic acids is 1. The summed E-state index contributed by atoms with van der Waals surface area (Å²) in [5.74, 6) is -2.42. The van der Waals surface area contributed by atoms with Crippen LogP contribution in [-0.4, -0.2) is 27.4 Å². The van der Waals surface area contributed by atoms with Crippen LogP contribution in [0.5, 0.6) is 5.75 Å². The summed E-state index contributed by atoms with van der Waals surface area (Å²) in [6.45, 7) is 1.83. The molecule has 2 aromatic heterocycles. The maximum absolute atomic E-state index is 15.1. The van der Waals surface area contributed by atoms with E-state index in [9.17, 15) is 9.59 Å². The normalized spacial score (nSPS) is 10.9. The van der Waals surface area contributed by atoms with Crippen molar-refractivity contribution in [1.82, 2.24) is 14.3 Å². The lowest BCUT2D eigenvalue weighted by molar-refractivity contribution is 0.102. The zero-order chi connectivity index (χ0) is 24.6. The van der Waals surface area contributed by atoms with E-state index in [0.29, 0.717) is 5.02 Å². The first-order valence-electron chi connectivity index (χ1n) is 10.1. The van der Waals surface area contributed by atoms with Crippen LogP contribution in [0.25, 0.3) is 17.1 Å². The zero-order valence-corrected chi connectivity index (χ0v) is 19.2. The molecular weight excluding hydrogens is 466 g/mol. The average molecular weight is 485 g/mol. The number of ether oxygens (including phenoxy) is 1. The Morgan fingerprint density at radius 3 is 2.29 bits per heavy atom. The first kappa shape index (κ1) is 23.2. The van der Waals surface area contributed by atoms with E-state index in [2.05, 4.69) is 10.3 Å². The number of nitrogens with one attached hydrogen (secondary N) is 1. The molecule has 1 amide bonds. The molecular formula is C24H19ClF2N4O3. The lowest BCUT2D eigenvalue weighted by Crippen LogP contribution is -2.23. The number of hydrogen-bond acceptors (Lipinski definition) is 4. The first-order valence-corrected chi connectivity index (χ1v) is 10.4. The Morgan fingerprint density at radius 1 is 1.09 bits per heavy atom. The third-order valence-corrected chi connectivity index (χ3v) is 5.46. The minimum atomic E-state index is -0.969. The fourth-order valence-corrected chi connectivity index (χ4v) is 3.65. The van der Waals surface area contributed by atoms with Crippen LogP contribution in [0.3, 0.4) is 0 Å². The fraction of sp³-hybridized carbons (Fsp3) is 0.125. The van der Waals surface area contributed by atoms with Crippen LogP contribution in [0.15, 0.2) is 59.5 Å². The van der Waals surface area contributed by atoms with Crippen molar-refractivity contribution in [3.63, 3.8) is 0 Å². The van der Waals surface area contributed by atoms with Crippen LogP contribution < -0.4 is 15.6 Å². The van der Waals surface area contributed by atoms with Gasteiger partial charge in [0.1, 0.15) is 28.8 Å². The van der Waals surface area contributed by atoms with Crippen LogP contribution in [-0.2, 0) is 7.05 Å². The standard InChI is InChI=1S/C24H19ClF2N4O3/c1-13-4-9-19(28-12-13)31-24(33)21(29-23(32)14-5-7-15(25)8-6-14)22(30(31)2)20-17(26)10-16(34-3)11-18(20)27/h4-12H,1-3H3,(H,29,32). The molecule has 0 spiro atoms. The van der Waals surface area contributed by atoms with Crippen LogP contribution in [0.4, 0.5) is 14.5 Å². The van der Waals surface area contributed by atoms with Gasteiger partial charge in [0.05, 0.1) is 12.7 Å². The van der Waals surface area contributed by atoms with Gasteiger partial charge >= 0.3 is 0 Å². The van der Waals surface area contributed by atoms with Gasteiger partial charge in [0.15, 0.2) is 5.82 Å². The van der Waals surface area contributed by atoms with Gasteiger partial charge in [0.2, 0.25) is 0 Å². The summed E-state index contributed by atoms with van der Waals surface area (Å²) >= 11 is 5.88. The van der Waals surface area contributed by atoms with E-state index in [1.54, 1.807) is 18.3 Å². The first-order chi connectivity index (χ1) is 16.2. The summed E-state index contributed by atoms with van der Waals surface area (Å²) in [4.78, 5) is 30.6. The van der Waals surface area contributed by atoms with Crippen molar-refractivity contribution in [2.45, 2.75) is 6.92 Å². The molecule has 0 saturated carbocycles. The summed E-state index contributed by atoms with van der Waals surface area (Å²) in [5, 5.41) is 2.93. The molecule has 0 saturated heterocycles. The second-order valence-electron chi connectivity index (χ2n) is 7.48. The van der Waals surface area contributed by atoms with Crippen LogP contribution in [0.2, 0.25) is 5.02 Å². The van der Waals surface area contributed by atoms with Gasteiger partial charge in [0, 0.05) is 36.0 Å². The molecule has 2 heterocycles. The highest BCUT2D eigenvalue weighted by atomic mass is 35.5. The van der Waals surface area contributed by atoms with Gasteiger partial charge in [-0.3, -0.25) is 14.3 Å². The molecule has 0 unspecified atom stereocenters. The van der Waals surface area contributed by atoms with Gasteiger partial charge in [-0.25, -0.2) is 13.8 Å². The van der Waals surface area contributed by atoms with E-state index in [1.165, 1.54) is 43.1 Å². The van der Waals surface area contributed by atoms with Crippen LogP contribution in [0.1, 0.15) is 15.9 Å². The number of aromatic nitrogens is 3. The lowest BCUT2D eigenvalue weighted by Gasteiger charge is -2.13. The van der Waals surface area contributed by atoms with E-state index in [4.69, 9.17) is 16.3 Å². The second-order valence-corrected chi connectivity index (χ2v) is 7.92. The molecule has 10 heteroatoms. The minimum absolute atomic E-state index is 0.0323. The number of benzene rings is 2. The molecule has 0 aliphatic rings. The molecule has 0 atom stereocenters. The van der Waals surface area contributed by atoms with Crippen molar-refractivity contribution in [3.8, 4) is 22.8 Å². The number of pyridine rings is 1. The van der Waals surface area contributed by atoms with E-state index < -0.39 is 28.7 Å². The molecule has 0 aliphatic heterocycles. The number of halogens is 3. The molecule has 0 bridgehead atoms. The quantitative estimate of drug-likeness (QED) is 0.444. The monoisotopic (exact) mass is 484 g/mol. The van der Waals surface area contributed by atoms with Gasteiger partial charge in [-0.2, -0.15) is 4.68 Å².